The topological polar surface area (TPSA) is 23.5 Å². The molecule has 0 aromatic heterocycles. The van der Waals surface area contributed by atoms with Gasteiger partial charge in [-0.25, -0.2) is 0 Å². The second-order valence-electron chi connectivity index (χ2n) is 5.89. The molecule has 0 saturated carbocycles. The third-order valence-electron chi connectivity index (χ3n) is 4.48. The van der Waals surface area contributed by atoms with Crippen molar-refractivity contribution in [3.05, 3.63) is 29.8 Å². The summed E-state index contributed by atoms with van der Waals surface area (Å²) in [5, 5.41) is 9.61. The summed E-state index contributed by atoms with van der Waals surface area (Å²) < 4.78 is 0. The molecule has 2 nitrogen and oxygen atoms in total. The van der Waals surface area contributed by atoms with Gasteiger partial charge < -0.3 is 5.11 Å². The molecular weight excluding hydrogens is 234 g/mol. The van der Waals surface area contributed by atoms with Crippen molar-refractivity contribution >= 4 is 0 Å². The van der Waals surface area contributed by atoms with Crippen molar-refractivity contribution in [2.75, 3.05) is 13.1 Å². The molecule has 0 aliphatic carbocycles. The van der Waals surface area contributed by atoms with E-state index in [0.717, 1.165) is 5.92 Å². The third-order valence-corrected chi connectivity index (χ3v) is 4.48. The smallest absolute Gasteiger partial charge is 0.115 e. The van der Waals surface area contributed by atoms with Crippen molar-refractivity contribution in [1.29, 1.82) is 0 Å². The summed E-state index contributed by atoms with van der Waals surface area (Å²) >= 11 is 0. The molecule has 0 bridgehead atoms. The highest BCUT2D eigenvalue weighted by Crippen LogP contribution is 2.28. The molecule has 0 radical (unpaired) electrons. The molecular formula is C17H27NO. The van der Waals surface area contributed by atoms with Crippen LogP contribution in [0.3, 0.4) is 0 Å². The van der Waals surface area contributed by atoms with Gasteiger partial charge in [0.05, 0.1) is 0 Å². The van der Waals surface area contributed by atoms with Crippen molar-refractivity contribution in [3.63, 3.8) is 0 Å². The molecule has 2 unspecified atom stereocenters. The van der Waals surface area contributed by atoms with Gasteiger partial charge in [-0.2, -0.15) is 0 Å². The summed E-state index contributed by atoms with van der Waals surface area (Å²) in [5.74, 6) is 1.30. The van der Waals surface area contributed by atoms with Crippen molar-refractivity contribution in [2.45, 2.75) is 52.0 Å². The minimum Gasteiger partial charge on any atom is -0.508 e. The lowest BCUT2D eigenvalue weighted by Crippen LogP contribution is -2.28. The highest BCUT2D eigenvalue weighted by molar-refractivity contribution is 5.29. The molecule has 0 amide bonds. The van der Waals surface area contributed by atoms with Gasteiger partial charge in [-0.1, -0.05) is 31.9 Å². The molecule has 0 spiro atoms. The second kappa shape index (κ2) is 6.95. The molecule has 1 aromatic carbocycles. The number of rotatable bonds is 4. The van der Waals surface area contributed by atoms with Gasteiger partial charge in [-0.05, 0) is 62.9 Å². The Morgan fingerprint density at radius 1 is 1.32 bits per heavy atom. The van der Waals surface area contributed by atoms with Crippen LogP contribution in [-0.2, 0) is 0 Å². The van der Waals surface area contributed by atoms with Crippen molar-refractivity contribution < 1.29 is 5.11 Å². The Morgan fingerprint density at radius 2 is 2.16 bits per heavy atom. The first kappa shape index (κ1) is 14.4. The molecule has 19 heavy (non-hydrogen) atoms. The molecule has 1 aliphatic heterocycles. The Hall–Kier alpha value is -1.02. The maximum absolute atomic E-state index is 9.61. The van der Waals surface area contributed by atoms with Gasteiger partial charge in [-0.3, -0.25) is 4.90 Å². The molecule has 2 rings (SSSR count). The number of likely N-dealkylation sites (tertiary alicyclic amines) is 1. The second-order valence-corrected chi connectivity index (χ2v) is 5.89. The minimum absolute atomic E-state index is 0.378. The Morgan fingerprint density at radius 3 is 2.89 bits per heavy atom. The van der Waals surface area contributed by atoms with Crippen LogP contribution < -0.4 is 0 Å². The monoisotopic (exact) mass is 261 g/mol. The van der Waals surface area contributed by atoms with Gasteiger partial charge in [0, 0.05) is 6.04 Å². The fraction of sp³-hybridized carbons (Fsp3) is 0.647. The zero-order valence-electron chi connectivity index (χ0n) is 12.3. The number of aromatic hydroxyl groups is 1. The summed E-state index contributed by atoms with van der Waals surface area (Å²) in [6.45, 7) is 6.94. The predicted molar refractivity (Wildman–Crippen MR) is 80.3 cm³/mol. The van der Waals surface area contributed by atoms with Gasteiger partial charge in [0.25, 0.3) is 0 Å². The Labute approximate surface area is 117 Å². The lowest BCUT2D eigenvalue weighted by Gasteiger charge is -2.28. The number of phenols is 1. The van der Waals surface area contributed by atoms with E-state index in [1.165, 1.54) is 50.8 Å². The first-order chi connectivity index (χ1) is 9.20. The van der Waals surface area contributed by atoms with E-state index in [-0.39, 0.29) is 0 Å². The van der Waals surface area contributed by atoms with Crippen LogP contribution in [0.25, 0.3) is 0 Å². The number of nitrogens with zero attached hydrogens (tertiary/aromatic N) is 1. The average molecular weight is 261 g/mol. The Bertz CT molecular complexity index is 391. The van der Waals surface area contributed by atoms with Gasteiger partial charge in [-0.15, -0.1) is 0 Å². The number of hydrogen-bond donors (Lipinski definition) is 1. The van der Waals surface area contributed by atoms with Crippen LogP contribution in [-0.4, -0.2) is 23.1 Å². The van der Waals surface area contributed by atoms with Gasteiger partial charge >= 0.3 is 0 Å². The standard InChI is InChI=1S/C17H27NO/c1-3-6-15-7-5-11-18(12-10-15)14(2)16-8-4-9-17(19)13-16/h4,8-9,13-15,19H,3,5-7,10-12H2,1-2H3. The Kier molecular flexibility index (Phi) is 5.26. The summed E-state index contributed by atoms with van der Waals surface area (Å²) in [5.41, 5.74) is 1.23. The molecule has 1 aliphatic rings. The highest BCUT2D eigenvalue weighted by Gasteiger charge is 2.21. The summed E-state index contributed by atoms with van der Waals surface area (Å²) in [4.78, 5) is 2.57. The first-order valence-electron chi connectivity index (χ1n) is 7.73. The van der Waals surface area contributed by atoms with Crippen molar-refractivity contribution in [2.24, 2.45) is 5.92 Å². The summed E-state index contributed by atoms with van der Waals surface area (Å²) in [6, 6.07) is 8.12. The molecule has 2 heteroatoms. The SMILES string of the molecule is CCCC1CCCN(C(C)c2cccc(O)c2)CC1. The molecule has 106 valence electrons. The van der Waals surface area contributed by atoms with E-state index < -0.39 is 0 Å². The van der Waals surface area contributed by atoms with Crippen LogP contribution in [0.15, 0.2) is 24.3 Å². The average Bonchev–Trinajstić information content (AvgIpc) is 2.64. The van der Waals surface area contributed by atoms with E-state index in [4.69, 9.17) is 0 Å². The summed E-state index contributed by atoms with van der Waals surface area (Å²) in [7, 11) is 0. The van der Waals surface area contributed by atoms with Crippen molar-refractivity contribution in [3.8, 4) is 5.75 Å². The number of benzene rings is 1. The maximum atomic E-state index is 9.61. The van der Waals surface area contributed by atoms with Crippen LogP contribution in [0.4, 0.5) is 0 Å². The minimum atomic E-state index is 0.378. The third kappa shape index (κ3) is 3.97. The fourth-order valence-electron chi connectivity index (χ4n) is 3.27. The zero-order chi connectivity index (χ0) is 13.7. The Balaban J connectivity index is 1.97. The lowest BCUT2D eigenvalue weighted by molar-refractivity contribution is 0.215. The van der Waals surface area contributed by atoms with Crippen molar-refractivity contribution in [1.82, 2.24) is 4.90 Å². The zero-order valence-corrected chi connectivity index (χ0v) is 12.3. The van der Waals surface area contributed by atoms with E-state index in [2.05, 4.69) is 24.8 Å². The maximum Gasteiger partial charge on any atom is 0.115 e. The van der Waals surface area contributed by atoms with E-state index in [1.54, 1.807) is 6.07 Å². The van der Waals surface area contributed by atoms with Crippen LogP contribution in [0, 0.1) is 5.92 Å². The molecule has 1 fully saturated rings. The van der Waals surface area contributed by atoms with Crippen LogP contribution in [0.2, 0.25) is 0 Å². The fourth-order valence-corrected chi connectivity index (χ4v) is 3.27. The van der Waals surface area contributed by atoms with Gasteiger partial charge in [0.15, 0.2) is 0 Å². The molecule has 1 N–H and O–H groups in total. The number of phenolic OH excluding ortho intramolecular Hbond substituents is 1. The van der Waals surface area contributed by atoms with E-state index in [1.807, 2.05) is 12.1 Å². The predicted octanol–water partition coefficient (Wildman–Crippen LogP) is 4.36. The van der Waals surface area contributed by atoms with Crippen LogP contribution in [0.1, 0.15) is 57.6 Å². The highest BCUT2D eigenvalue weighted by atomic mass is 16.3. The molecule has 2 atom stereocenters. The quantitative estimate of drug-likeness (QED) is 0.870. The molecule has 1 aromatic rings. The van der Waals surface area contributed by atoms with Gasteiger partial charge in [0.2, 0.25) is 0 Å². The van der Waals surface area contributed by atoms with Crippen LogP contribution >= 0.6 is 0 Å². The first-order valence-corrected chi connectivity index (χ1v) is 7.73. The largest absolute Gasteiger partial charge is 0.508 e. The van der Waals surface area contributed by atoms with E-state index in [0.29, 0.717) is 11.8 Å². The molecule has 1 heterocycles. The van der Waals surface area contributed by atoms with Crippen LogP contribution in [0.5, 0.6) is 5.75 Å². The van der Waals surface area contributed by atoms with Gasteiger partial charge in [0.1, 0.15) is 5.75 Å². The van der Waals surface area contributed by atoms with E-state index in [9.17, 15) is 5.11 Å². The van der Waals surface area contributed by atoms with E-state index >= 15 is 0 Å². The molecule has 1 saturated heterocycles. The normalized spacial score (nSPS) is 22.9. The summed E-state index contributed by atoms with van der Waals surface area (Å²) in [6.07, 6.45) is 6.73. The lowest BCUT2D eigenvalue weighted by atomic mass is 9.96. The number of hydrogen-bond acceptors (Lipinski definition) is 2.